The Morgan fingerprint density at radius 3 is 2.42 bits per heavy atom. The Bertz CT molecular complexity index is 1590. The van der Waals surface area contributed by atoms with Gasteiger partial charge in [-0.3, -0.25) is 30.1 Å². The van der Waals surface area contributed by atoms with Crippen molar-refractivity contribution in [1.29, 1.82) is 0 Å². The molecule has 0 bridgehead atoms. The number of sulfonamides is 1. The number of aromatic amines is 1. The molecular formula is C23H18F3N5O4S. The average molecular weight is 517 g/mol. The van der Waals surface area contributed by atoms with E-state index in [2.05, 4.69) is 25.5 Å². The van der Waals surface area contributed by atoms with Crippen LogP contribution in [0.15, 0.2) is 82.5 Å². The minimum absolute atomic E-state index is 0.0476. The summed E-state index contributed by atoms with van der Waals surface area (Å²) in [7, 11) is -4.27. The summed E-state index contributed by atoms with van der Waals surface area (Å²) >= 11 is 0. The van der Waals surface area contributed by atoms with Crippen molar-refractivity contribution in [3.63, 3.8) is 0 Å². The molecule has 1 amide bonds. The number of alkyl halides is 3. The number of nitrogens with zero attached hydrogens (tertiary/aromatic N) is 1. The molecule has 36 heavy (non-hydrogen) atoms. The van der Waals surface area contributed by atoms with E-state index in [4.69, 9.17) is 0 Å². The molecule has 0 aliphatic carbocycles. The predicted molar refractivity (Wildman–Crippen MR) is 127 cm³/mol. The van der Waals surface area contributed by atoms with E-state index in [1.54, 1.807) is 24.3 Å². The molecule has 0 aliphatic heterocycles. The summed E-state index contributed by atoms with van der Waals surface area (Å²) in [6.07, 6.45) is -4.77. The van der Waals surface area contributed by atoms with Gasteiger partial charge in [0.2, 0.25) is 11.9 Å². The highest BCUT2D eigenvalue weighted by atomic mass is 32.2. The van der Waals surface area contributed by atoms with Gasteiger partial charge in [-0.1, -0.05) is 30.3 Å². The molecule has 0 saturated carbocycles. The molecule has 0 spiro atoms. The summed E-state index contributed by atoms with van der Waals surface area (Å²) in [6.45, 7) is 0. The van der Waals surface area contributed by atoms with Crippen LogP contribution in [-0.2, 0) is 27.4 Å². The number of hydrazine groups is 1. The number of hydrogen-bond acceptors (Lipinski definition) is 6. The highest BCUT2D eigenvalue weighted by Gasteiger charge is 2.31. The maximum Gasteiger partial charge on any atom is 0.416 e. The zero-order chi connectivity index (χ0) is 25.9. The van der Waals surface area contributed by atoms with Crippen LogP contribution in [0, 0.1) is 0 Å². The maximum atomic E-state index is 12.9. The van der Waals surface area contributed by atoms with Gasteiger partial charge >= 0.3 is 6.18 Å². The van der Waals surface area contributed by atoms with E-state index in [1.165, 1.54) is 24.3 Å². The van der Waals surface area contributed by atoms with Gasteiger partial charge in [0.1, 0.15) is 0 Å². The molecule has 13 heteroatoms. The van der Waals surface area contributed by atoms with Crippen LogP contribution in [0.25, 0.3) is 10.9 Å². The fourth-order valence-corrected chi connectivity index (χ4v) is 4.35. The van der Waals surface area contributed by atoms with E-state index in [0.29, 0.717) is 22.5 Å². The second-order valence-electron chi connectivity index (χ2n) is 7.61. The largest absolute Gasteiger partial charge is 0.416 e. The molecule has 1 heterocycles. The summed E-state index contributed by atoms with van der Waals surface area (Å²) in [6, 6.07) is 15.8. The molecule has 4 aromatic rings. The fraction of sp³-hybridized carbons (Fsp3) is 0.0870. The van der Waals surface area contributed by atoms with Gasteiger partial charge < -0.3 is 0 Å². The Morgan fingerprint density at radius 1 is 0.972 bits per heavy atom. The molecule has 1 aromatic heterocycles. The highest BCUT2D eigenvalue weighted by molar-refractivity contribution is 7.92. The lowest BCUT2D eigenvalue weighted by Crippen LogP contribution is -2.32. The van der Waals surface area contributed by atoms with Crippen molar-refractivity contribution in [2.24, 2.45) is 0 Å². The first-order valence-electron chi connectivity index (χ1n) is 10.3. The van der Waals surface area contributed by atoms with E-state index < -0.39 is 32.6 Å². The number of amides is 1. The maximum absolute atomic E-state index is 12.9. The van der Waals surface area contributed by atoms with Crippen LogP contribution < -0.4 is 21.1 Å². The van der Waals surface area contributed by atoms with E-state index >= 15 is 0 Å². The smallest absolute Gasteiger partial charge is 0.291 e. The van der Waals surface area contributed by atoms with Crippen LogP contribution in [-0.4, -0.2) is 24.3 Å². The van der Waals surface area contributed by atoms with Gasteiger partial charge in [0.15, 0.2) is 0 Å². The first-order chi connectivity index (χ1) is 17.0. The molecule has 3 aromatic carbocycles. The van der Waals surface area contributed by atoms with Crippen molar-refractivity contribution in [3.8, 4) is 0 Å². The number of fused-ring (bicyclic) bond motifs is 1. The molecule has 0 radical (unpaired) electrons. The van der Waals surface area contributed by atoms with Crippen LogP contribution in [0.2, 0.25) is 0 Å². The van der Waals surface area contributed by atoms with Crippen molar-refractivity contribution < 1.29 is 26.4 Å². The van der Waals surface area contributed by atoms with Crippen LogP contribution in [0.3, 0.4) is 0 Å². The summed E-state index contributed by atoms with van der Waals surface area (Å²) in [5.74, 6) is -0.422. The van der Waals surface area contributed by atoms with Crippen LogP contribution in [0.4, 0.5) is 24.8 Å². The number of benzene rings is 3. The Labute approximate surface area is 202 Å². The van der Waals surface area contributed by atoms with Gasteiger partial charge in [0.05, 0.1) is 27.8 Å². The molecule has 4 N–H and O–H groups in total. The quantitative estimate of drug-likeness (QED) is 0.278. The zero-order valence-electron chi connectivity index (χ0n) is 18.3. The third kappa shape index (κ3) is 5.81. The minimum atomic E-state index is -4.68. The van der Waals surface area contributed by atoms with Crippen molar-refractivity contribution in [2.45, 2.75) is 17.5 Å². The number of halogens is 3. The normalized spacial score (nSPS) is 11.8. The number of para-hydroxylation sites is 1. The van der Waals surface area contributed by atoms with Gasteiger partial charge in [-0.25, -0.2) is 13.4 Å². The molecule has 186 valence electrons. The lowest BCUT2D eigenvalue weighted by atomic mass is 10.1. The monoisotopic (exact) mass is 517 g/mol. The molecule has 0 atom stereocenters. The Balaban J connectivity index is 1.37. The number of H-pyrrole nitrogens is 1. The Kier molecular flexibility index (Phi) is 6.66. The molecule has 4 rings (SSSR count). The van der Waals surface area contributed by atoms with E-state index in [0.717, 1.165) is 18.2 Å². The van der Waals surface area contributed by atoms with Gasteiger partial charge in [-0.15, -0.1) is 0 Å². The highest BCUT2D eigenvalue weighted by Crippen LogP contribution is 2.30. The molecular weight excluding hydrogens is 499 g/mol. The SMILES string of the molecule is O=C(Cc1ccc(NS(=O)(=O)c2cccc(C(F)(F)F)c2)cc1)NNc1nc2ccccc2c(=O)[nH]1. The fourth-order valence-electron chi connectivity index (χ4n) is 3.25. The number of aromatic nitrogens is 2. The molecule has 0 fully saturated rings. The van der Waals surface area contributed by atoms with Gasteiger partial charge in [-0.2, -0.15) is 13.2 Å². The lowest BCUT2D eigenvalue weighted by molar-refractivity contribution is -0.137. The summed E-state index contributed by atoms with van der Waals surface area (Å²) in [5, 5.41) is 0.401. The standard InChI is InChI=1S/C23H18F3N5O4S/c24-23(25,26)15-4-3-5-17(13-15)36(34,35)31-16-10-8-14(9-11-16)12-20(32)29-30-22-27-19-7-2-1-6-18(19)21(33)28-22/h1-11,13,31H,12H2,(H,29,32)(H2,27,28,30,33). The van der Waals surface area contributed by atoms with Crippen molar-refractivity contribution in [1.82, 2.24) is 15.4 Å². The topological polar surface area (TPSA) is 133 Å². The zero-order valence-corrected chi connectivity index (χ0v) is 19.1. The third-order valence-electron chi connectivity index (χ3n) is 4.98. The van der Waals surface area contributed by atoms with Crippen LogP contribution >= 0.6 is 0 Å². The second kappa shape index (κ2) is 9.70. The number of nitrogens with one attached hydrogen (secondary N) is 4. The van der Waals surface area contributed by atoms with Gasteiger partial charge in [0.25, 0.3) is 15.6 Å². The van der Waals surface area contributed by atoms with E-state index in [9.17, 15) is 31.2 Å². The number of carbonyl (C=O) groups is 1. The van der Waals surface area contributed by atoms with Crippen molar-refractivity contribution >= 4 is 38.5 Å². The first-order valence-corrected chi connectivity index (χ1v) is 11.8. The number of carbonyl (C=O) groups excluding carboxylic acids is 1. The molecule has 0 saturated heterocycles. The minimum Gasteiger partial charge on any atom is -0.291 e. The number of rotatable bonds is 7. The number of anilines is 2. The second-order valence-corrected chi connectivity index (χ2v) is 9.29. The Morgan fingerprint density at radius 2 is 1.69 bits per heavy atom. The lowest BCUT2D eigenvalue weighted by Gasteiger charge is -2.12. The van der Waals surface area contributed by atoms with E-state index in [1.807, 2.05) is 0 Å². The van der Waals surface area contributed by atoms with Crippen molar-refractivity contribution in [3.05, 3.63) is 94.3 Å². The number of hydrogen-bond donors (Lipinski definition) is 4. The third-order valence-corrected chi connectivity index (χ3v) is 6.35. The predicted octanol–water partition coefficient (Wildman–Crippen LogP) is 3.43. The van der Waals surface area contributed by atoms with E-state index in [-0.39, 0.29) is 23.6 Å². The Hall–Kier alpha value is -4.39. The first kappa shape index (κ1) is 24.7. The summed E-state index contributed by atoms with van der Waals surface area (Å²) < 4.78 is 65.9. The van der Waals surface area contributed by atoms with Crippen LogP contribution in [0.1, 0.15) is 11.1 Å². The molecule has 0 unspecified atom stereocenters. The summed E-state index contributed by atoms with van der Waals surface area (Å²) in [5.41, 5.74) is 4.56. The van der Waals surface area contributed by atoms with Gasteiger partial charge in [-0.05, 0) is 48.0 Å². The van der Waals surface area contributed by atoms with Crippen molar-refractivity contribution in [2.75, 3.05) is 10.1 Å². The average Bonchev–Trinajstić information content (AvgIpc) is 2.83. The van der Waals surface area contributed by atoms with Crippen LogP contribution in [0.5, 0.6) is 0 Å². The molecule has 0 aliphatic rings. The summed E-state index contributed by atoms with van der Waals surface area (Å²) in [4.78, 5) is 30.5. The molecule has 9 nitrogen and oxygen atoms in total. The van der Waals surface area contributed by atoms with Gasteiger partial charge in [0, 0.05) is 5.69 Å².